The Balaban J connectivity index is 1.03. The summed E-state index contributed by atoms with van der Waals surface area (Å²) in [5, 5.41) is 4.59. The first-order chi connectivity index (χ1) is 24.3. The van der Waals surface area contributed by atoms with E-state index in [1.807, 2.05) is 6.07 Å². The van der Waals surface area contributed by atoms with Gasteiger partial charge in [0.1, 0.15) is 23.0 Å². The lowest BCUT2D eigenvalue weighted by Crippen LogP contribution is -2.42. The smallest absolute Gasteiger partial charge is 0.149 e. The summed E-state index contributed by atoms with van der Waals surface area (Å²) in [7, 11) is 0. The summed E-state index contributed by atoms with van der Waals surface area (Å²) in [6.07, 6.45) is 6.51. The number of anilines is 2. The van der Waals surface area contributed by atoms with Gasteiger partial charge in [0.15, 0.2) is 0 Å². The van der Waals surface area contributed by atoms with Crippen LogP contribution in [0.4, 0.5) is 11.4 Å². The van der Waals surface area contributed by atoms with Gasteiger partial charge in [-0.1, -0.05) is 127 Å². The van der Waals surface area contributed by atoms with E-state index in [0.717, 1.165) is 55.6 Å². The van der Waals surface area contributed by atoms with Crippen LogP contribution >= 0.6 is 0 Å². The van der Waals surface area contributed by atoms with Crippen LogP contribution in [-0.4, -0.2) is 12.1 Å². The minimum atomic E-state index is -0.101. The number of benzene rings is 7. The molecule has 0 saturated heterocycles. The molecule has 49 heavy (non-hydrogen) atoms. The minimum Gasteiger partial charge on any atom is -0.483 e. The van der Waals surface area contributed by atoms with Gasteiger partial charge < -0.3 is 14.1 Å². The van der Waals surface area contributed by atoms with Gasteiger partial charge in [-0.2, -0.15) is 0 Å². The molecule has 0 fully saturated rings. The van der Waals surface area contributed by atoms with Gasteiger partial charge in [-0.05, 0) is 76.2 Å². The van der Waals surface area contributed by atoms with E-state index < -0.39 is 0 Å². The highest BCUT2D eigenvalue weighted by Gasteiger charge is 2.38. The van der Waals surface area contributed by atoms with E-state index in [1.54, 1.807) is 0 Å². The average molecular weight is 630 g/mol. The van der Waals surface area contributed by atoms with Crippen molar-refractivity contribution in [2.45, 2.75) is 12.1 Å². The van der Waals surface area contributed by atoms with E-state index in [4.69, 9.17) is 9.15 Å². The van der Waals surface area contributed by atoms with Gasteiger partial charge in [0.2, 0.25) is 0 Å². The van der Waals surface area contributed by atoms with Crippen molar-refractivity contribution in [3.8, 4) is 28.0 Å². The van der Waals surface area contributed by atoms with Crippen LogP contribution in [0.3, 0.4) is 0 Å². The second kappa shape index (κ2) is 11.1. The summed E-state index contributed by atoms with van der Waals surface area (Å²) in [6.45, 7) is 0. The average Bonchev–Trinajstić information content (AvgIpc) is 3.74. The molecule has 0 spiro atoms. The maximum atomic E-state index is 6.65. The van der Waals surface area contributed by atoms with Crippen molar-refractivity contribution in [2.24, 2.45) is 0 Å². The number of hydrogen-bond acceptors (Lipinski definition) is 3. The molecule has 1 aliphatic carbocycles. The first-order valence-electron chi connectivity index (χ1n) is 16.8. The van der Waals surface area contributed by atoms with Crippen LogP contribution in [0.1, 0.15) is 5.56 Å². The van der Waals surface area contributed by atoms with Crippen molar-refractivity contribution in [1.82, 2.24) is 0 Å². The zero-order chi connectivity index (χ0) is 32.3. The molecule has 3 nitrogen and oxygen atoms in total. The second-order valence-corrected chi connectivity index (χ2v) is 12.8. The van der Waals surface area contributed by atoms with Crippen LogP contribution in [0.5, 0.6) is 5.75 Å². The maximum absolute atomic E-state index is 6.65. The van der Waals surface area contributed by atoms with E-state index in [1.165, 1.54) is 27.6 Å². The quantitative estimate of drug-likeness (QED) is 0.189. The van der Waals surface area contributed by atoms with E-state index >= 15 is 0 Å². The molecular weight excluding hydrogens is 599 g/mol. The third kappa shape index (κ3) is 4.51. The Morgan fingerprint density at radius 1 is 0.490 bits per heavy atom. The SMILES string of the molecule is C1=CC(N(c2ccccc2)c2ccc(-c3ccc4c(c3)oc3c5ccccc5c(-c5ccccc5)cc43)cc2)C2Oc3ccccc3C2=C1. The molecule has 1 aromatic heterocycles. The first kappa shape index (κ1) is 27.8. The molecule has 3 heteroatoms. The third-order valence-corrected chi connectivity index (χ3v) is 10.0. The third-order valence-electron chi connectivity index (χ3n) is 10.0. The molecule has 0 radical (unpaired) electrons. The Labute approximate surface area is 284 Å². The van der Waals surface area contributed by atoms with Crippen molar-refractivity contribution >= 4 is 49.7 Å². The normalized spacial score (nSPS) is 16.4. The second-order valence-electron chi connectivity index (χ2n) is 12.8. The molecule has 2 heterocycles. The highest BCUT2D eigenvalue weighted by Crippen LogP contribution is 2.45. The van der Waals surface area contributed by atoms with Gasteiger partial charge >= 0.3 is 0 Å². The molecule has 0 amide bonds. The highest BCUT2D eigenvalue weighted by atomic mass is 16.5. The van der Waals surface area contributed by atoms with Crippen LogP contribution in [0, 0.1) is 0 Å². The van der Waals surface area contributed by atoms with E-state index in [0.29, 0.717) is 0 Å². The summed E-state index contributed by atoms with van der Waals surface area (Å²) >= 11 is 0. The number of para-hydroxylation sites is 2. The van der Waals surface area contributed by atoms with Gasteiger partial charge in [0.25, 0.3) is 0 Å². The van der Waals surface area contributed by atoms with Crippen molar-refractivity contribution in [3.63, 3.8) is 0 Å². The summed E-state index contributed by atoms with van der Waals surface area (Å²) in [5.74, 6) is 0.945. The van der Waals surface area contributed by atoms with Crippen molar-refractivity contribution in [2.75, 3.05) is 4.90 Å². The van der Waals surface area contributed by atoms with Gasteiger partial charge in [0.05, 0.1) is 6.04 Å². The number of furan rings is 1. The standard InChI is InChI=1S/C46H31NO2/c1-3-12-31(13-4-1)40-29-41-37-27-24-32(28-44(37)49-45(41)38-18-8-7-16-35(38)40)30-22-25-34(26-23-30)47(33-14-5-2-6-15-33)42-20-11-19-39-36-17-9-10-21-43(36)48-46(39)42/h1-29,42,46H. The summed E-state index contributed by atoms with van der Waals surface area (Å²) in [4.78, 5) is 2.39. The molecule has 1 aliphatic heterocycles. The Morgan fingerprint density at radius 3 is 2.02 bits per heavy atom. The summed E-state index contributed by atoms with van der Waals surface area (Å²) in [5.41, 5.74) is 11.1. The molecular formula is C46H31NO2. The maximum Gasteiger partial charge on any atom is 0.149 e. The monoisotopic (exact) mass is 629 g/mol. The lowest BCUT2D eigenvalue weighted by Gasteiger charge is -2.37. The Kier molecular flexibility index (Phi) is 6.31. The lowest BCUT2D eigenvalue weighted by atomic mass is 9.91. The van der Waals surface area contributed by atoms with Gasteiger partial charge in [-0.25, -0.2) is 0 Å². The fourth-order valence-electron chi connectivity index (χ4n) is 7.73. The van der Waals surface area contributed by atoms with Crippen LogP contribution in [0.15, 0.2) is 180 Å². The van der Waals surface area contributed by atoms with Crippen LogP contribution in [0.2, 0.25) is 0 Å². The van der Waals surface area contributed by atoms with Crippen molar-refractivity contribution in [3.05, 3.63) is 182 Å². The summed E-state index contributed by atoms with van der Waals surface area (Å²) in [6, 6.07) is 55.9. The lowest BCUT2D eigenvalue weighted by molar-refractivity contribution is 0.258. The van der Waals surface area contributed by atoms with Crippen LogP contribution < -0.4 is 9.64 Å². The number of nitrogens with zero attached hydrogens (tertiary/aromatic N) is 1. The molecule has 0 saturated carbocycles. The molecule has 10 rings (SSSR count). The Bertz CT molecular complexity index is 2580. The molecule has 0 N–H and O–H groups in total. The Hall–Kier alpha value is -6.32. The topological polar surface area (TPSA) is 25.6 Å². The predicted octanol–water partition coefficient (Wildman–Crippen LogP) is 12.0. The zero-order valence-electron chi connectivity index (χ0n) is 26.7. The number of fused-ring (bicyclic) bond motifs is 8. The first-order valence-corrected chi connectivity index (χ1v) is 16.8. The van der Waals surface area contributed by atoms with E-state index in [-0.39, 0.29) is 12.1 Å². The van der Waals surface area contributed by atoms with E-state index in [9.17, 15) is 0 Å². The molecule has 7 aromatic carbocycles. The van der Waals surface area contributed by atoms with Crippen molar-refractivity contribution in [1.29, 1.82) is 0 Å². The van der Waals surface area contributed by atoms with Crippen molar-refractivity contribution < 1.29 is 9.15 Å². The molecule has 8 aromatic rings. The fraction of sp³-hybridized carbons (Fsp3) is 0.0435. The Morgan fingerprint density at radius 2 is 1.18 bits per heavy atom. The largest absolute Gasteiger partial charge is 0.483 e. The van der Waals surface area contributed by atoms with Gasteiger partial charge in [-0.15, -0.1) is 0 Å². The molecule has 232 valence electrons. The predicted molar refractivity (Wildman–Crippen MR) is 202 cm³/mol. The summed E-state index contributed by atoms with van der Waals surface area (Å²) < 4.78 is 13.2. The molecule has 0 bridgehead atoms. The van der Waals surface area contributed by atoms with E-state index in [2.05, 4.69) is 175 Å². The number of hydrogen-bond donors (Lipinski definition) is 0. The van der Waals surface area contributed by atoms with Gasteiger partial charge in [-0.3, -0.25) is 0 Å². The number of ether oxygens (including phenoxy) is 1. The molecule has 2 unspecified atom stereocenters. The van der Waals surface area contributed by atoms with Crippen LogP contribution in [0.25, 0.3) is 60.5 Å². The number of allylic oxidation sites excluding steroid dienone is 2. The van der Waals surface area contributed by atoms with Crippen LogP contribution in [-0.2, 0) is 0 Å². The fourth-order valence-corrected chi connectivity index (χ4v) is 7.73. The minimum absolute atomic E-state index is 0.0110. The highest BCUT2D eigenvalue weighted by molar-refractivity contribution is 6.19. The zero-order valence-corrected chi connectivity index (χ0v) is 26.7. The number of rotatable bonds is 5. The van der Waals surface area contributed by atoms with Gasteiger partial charge in [0, 0.05) is 38.7 Å². The molecule has 2 atom stereocenters. The molecule has 2 aliphatic rings.